The summed E-state index contributed by atoms with van der Waals surface area (Å²) in [7, 11) is 1.31. The minimum atomic E-state index is -1.30. The van der Waals surface area contributed by atoms with E-state index in [4.69, 9.17) is 14.8 Å². The lowest BCUT2D eigenvalue weighted by Gasteiger charge is -2.33. The van der Waals surface area contributed by atoms with Crippen molar-refractivity contribution < 1.29 is 19.1 Å². The number of esters is 1. The summed E-state index contributed by atoms with van der Waals surface area (Å²) in [5.74, 6) is -0.781. The van der Waals surface area contributed by atoms with Gasteiger partial charge in [0.15, 0.2) is 11.1 Å². The summed E-state index contributed by atoms with van der Waals surface area (Å²) >= 11 is 0. The third kappa shape index (κ3) is 5.39. The van der Waals surface area contributed by atoms with E-state index in [1.54, 1.807) is 27.5 Å². The molecule has 1 saturated carbocycles. The van der Waals surface area contributed by atoms with E-state index in [0.717, 1.165) is 31.4 Å². The highest BCUT2D eigenvalue weighted by Gasteiger charge is 2.48. The highest BCUT2D eigenvalue weighted by molar-refractivity contribution is 6.03. The second-order valence-electron chi connectivity index (χ2n) is 10.6. The highest BCUT2D eigenvalue weighted by Crippen LogP contribution is 2.35. The minimum absolute atomic E-state index is 0.138. The Morgan fingerprint density at radius 3 is 2.69 bits per heavy atom. The summed E-state index contributed by atoms with van der Waals surface area (Å²) in [5, 5.41) is 15.1. The average molecular weight is 536 g/mol. The Kier molecular flexibility index (Phi) is 7.94. The summed E-state index contributed by atoms with van der Waals surface area (Å²) in [5.41, 5.74) is 1.21. The van der Waals surface area contributed by atoms with Crippen molar-refractivity contribution in [1.29, 1.82) is 0 Å². The Hall–Kier alpha value is -3.76. The number of piperidine rings is 1. The van der Waals surface area contributed by atoms with Crippen molar-refractivity contribution in [1.82, 2.24) is 35.0 Å². The van der Waals surface area contributed by atoms with E-state index in [1.165, 1.54) is 20.0 Å². The van der Waals surface area contributed by atoms with Crippen molar-refractivity contribution >= 4 is 23.4 Å². The van der Waals surface area contributed by atoms with Gasteiger partial charge in [-0.2, -0.15) is 10.2 Å². The maximum Gasteiger partial charge on any atom is 0.321 e. The zero-order chi connectivity index (χ0) is 27.4. The lowest BCUT2D eigenvalue weighted by atomic mass is 9.76. The number of carbonyl (C=O) groups is 3. The molecule has 1 saturated heterocycles. The number of aromatic nitrogens is 5. The van der Waals surface area contributed by atoms with Gasteiger partial charge in [0.25, 0.3) is 5.91 Å². The lowest BCUT2D eigenvalue weighted by molar-refractivity contribution is -0.161. The minimum Gasteiger partial charge on any atom is -0.468 e. The van der Waals surface area contributed by atoms with Gasteiger partial charge in [0.05, 0.1) is 30.7 Å². The molecule has 5 rings (SSSR count). The van der Waals surface area contributed by atoms with E-state index in [0.29, 0.717) is 43.0 Å². The number of hydrogen-bond acceptors (Lipinski definition) is 7. The fraction of sp³-hybridized carbons (Fsp3) is 0.571. The predicted molar refractivity (Wildman–Crippen MR) is 143 cm³/mol. The molecule has 2 fully saturated rings. The molecule has 3 aromatic rings. The molecule has 2 amide bonds. The Morgan fingerprint density at radius 1 is 1.18 bits per heavy atom. The third-order valence-corrected chi connectivity index (χ3v) is 8.18. The molecule has 11 heteroatoms. The molecule has 0 bridgehead atoms. The molecule has 39 heavy (non-hydrogen) atoms. The van der Waals surface area contributed by atoms with E-state index in [-0.39, 0.29) is 30.2 Å². The van der Waals surface area contributed by atoms with Crippen LogP contribution < -0.4 is 10.6 Å². The van der Waals surface area contributed by atoms with Crippen LogP contribution in [-0.2, 0) is 27.3 Å². The molecule has 4 heterocycles. The molecule has 208 valence electrons. The molecule has 11 nitrogen and oxygen atoms in total. The maximum atomic E-state index is 13.3. The fourth-order valence-corrected chi connectivity index (χ4v) is 6.07. The van der Waals surface area contributed by atoms with Crippen LogP contribution >= 0.6 is 0 Å². The van der Waals surface area contributed by atoms with Gasteiger partial charge < -0.3 is 15.4 Å². The van der Waals surface area contributed by atoms with Crippen molar-refractivity contribution in [2.75, 3.05) is 13.7 Å². The highest BCUT2D eigenvalue weighted by atomic mass is 16.5. The van der Waals surface area contributed by atoms with Crippen molar-refractivity contribution in [3.8, 4) is 0 Å². The Labute approximate surface area is 227 Å². The van der Waals surface area contributed by atoms with E-state index in [9.17, 15) is 14.4 Å². The number of fused-ring (bicyclic) bond motifs is 1. The number of hydrogen-bond donors (Lipinski definition) is 2. The molecule has 1 unspecified atom stereocenters. The van der Waals surface area contributed by atoms with Crippen LogP contribution in [0, 0.1) is 11.3 Å². The van der Waals surface area contributed by atoms with Crippen LogP contribution in [0.3, 0.4) is 0 Å². The number of imidazole rings is 1. The normalized spacial score (nSPS) is 21.2. The first-order chi connectivity index (χ1) is 18.9. The van der Waals surface area contributed by atoms with Gasteiger partial charge in [0.2, 0.25) is 5.91 Å². The zero-order valence-corrected chi connectivity index (χ0v) is 22.7. The SMILES string of the molecule is CCn1nccc1C(=O)N[C@H](c1cn2nc(CC3(C(=O)OC)CCCNC3=O)ccc2n1)C1CCCCCC1. The number of aryl methyl sites for hydroxylation is 1. The molecule has 2 aliphatic rings. The molecule has 2 atom stereocenters. The number of nitrogens with zero attached hydrogens (tertiary/aromatic N) is 5. The summed E-state index contributed by atoms with van der Waals surface area (Å²) in [6.45, 7) is 3.11. The van der Waals surface area contributed by atoms with Crippen LogP contribution in [0.4, 0.5) is 0 Å². The second kappa shape index (κ2) is 11.5. The van der Waals surface area contributed by atoms with Crippen molar-refractivity contribution in [3.63, 3.8) is 0 Å². The number of rotatable bonds is 8. The van der Waals surface area contributed by atoms with Crippen LogP contribution in [0.15, 0.2) is 30.6 Å². The Bertz CT molecular complexity index is 1330. The first-order valence-electron chi connectivity index (χ1n) is 14.0. The van der Waals surface area contributed by atoms with Gasteiger partial charge in [-0.25, -0.2) is 9.50 Å². The molecular weight excluding hydrogens is 498 g/mol. The Balaban J connectivity index is 1.46. The molecule has 2 N–H and O–H groups in total. The topological polar surface area (TPSA) is 133 Å². The van der Waals surface area contributed by atoms with Gasteiger partial charge in [-0.05, 0) is 56.7 Å². The molecule has 0 spiro atoms. The van der Waals surface area contributed by atoms with E-state index >= 15 is 0 Å². The van der Waals surface area contributed by atoms with Crippen LogP contribution in [-0.4, -0.2) is 55.8 Å². The Morgan fingerprint density at radius 2 is 1.97 bits per heavy atom. The monoisotopic (exact) mass is 535 g/mol. The maximum absolute atomic E-state index is 13.3. The van der Waals surface area contributed by atoms with Crippen molar-refractivity contribution in [2.24, 2.45) is 11.3 Å². The summed E-state index contributed by atoms with van der Waals surface area (Å²) in [4.78, 5) is 43.8. The van der Waals surface area contributed by atoms with Gasteiger partial charge in [-0.1, -0.05) is 25.7 Å². The zero-order valence-electron chi connectivity index (χ0n) is 22.7. The van der Waals surface area contributed by atoms with Gasteiger partial charge in [0, 0.05) is 25.7 Å². The number of ether oxygens (including phenoxy) is 1. The summed E-state index contributed by atoms with van der Waals surface area (Å²) in [6, 6.07) is 5.11. The quantitative estimate of drug-likeness (QED) is 0.257. The van der Waals surface area contributed by atoms with Crippen molar-refractivity contribution in [3.05, 3.63) is 47.7 Å². The molecule has 0 aromatic carbocycles. The first kappa shape index (κ1) is 26.8. The summed E-state index contributed by atoms with van der Waals surface area (Å²) in [6.07, 6.45) is 11.4. The molecule has 0 radical (unpaired) electrons. The van der Waals surface area contributed by atoms with Crippen LogP contribution in [0.2, 0.25) is 0 Å². The molecule has 1 aliphatic heterocycles. The van der Waals surface area contributed by atoms with E-state index in [1.807, 2.05) is 19.2 Å². The first-order valence-corrected chi connectivity index (χ1v) is 14.0. The average Bonchev–Trinajstić information content (AvgIpc) is 3.51. The molecular formula is C28H37N7O4. The number of nitrogens with one attached hydrogen (secondary N) is 2. The lowest BCUT2D eigenvalue weighted by Crippen LogP contribution is -2.52. The fourth-order valence-electron chi connectivity index (χ4n) is 6.07. The largest absolute Gasteiger partial charge is 0.468 e. The number of amides is 2. The van der Waals surface area contributed by atoms with E-state index < -0.39 is 11.4 Å². The van der Waals surface area contributed by atoms with Crippen LogP contribution in [0.1, 0.15) is 86.2 Å². The van der Waals surface area contributed by atoms with Gasteiger partial charge in [0.1, 0.15) is 5.69 Å². The van der Waals surface area contributed by atoms with E-state index in [2.05, 4.69) is 15.7 Å². The third-order valence-electron chi connectivity index (χ3n) is 8.18. The van der Waals surface area contributed by atoms with Crippen molar-refractivity contribution in [2.45, 2.75) is 77.3 Å². The number of methoxy groups -OCH3 is 1. The molecule has 1 aliphatic carbocycles. The van der Waals surface area contributed by atoms with Crippen LogP contribution in [0.5, 0.6) is 0 Å². The number of carbonyl (C=O) groups excluding carboxylic acids is 3. The summed E-state index contributed by atoms with van der Waals surface area (Å²) < 4.78 is 8.40. The van der Waals surface area contributed by atoms with Gasteiger partial charge >= 0.3 is 5.97 Å². The standard InChI is InChI=1S/C28H37N7O4/c1-3-34-22(13-16-30-34)25(36)32-24(19-9-6-4-5-7-10-19)21-18-35-23(31-21)12-11-20(33-35)17-28(27(38)39-2)14-8-15-29-26(28)37/h11-13,16,18-19,24H,3-10,14-15,17H2,1-2H3,(H,29,37)(H,32,36)/t24-,28?/m0/s1. The second-order valence-corrected chi connectivity index (χ2v) is 10.6. The predicted octanol–water partition coefficient (Wildman–Crippen LogP) is 3.00. The molecule has 3 aromatic heterocycles. The van der Waals surface area contributed by atoms with Gasteiger partial charge in [-0.15, -0.1) is 0 Å². The smallest absolute Gasteiger partial charge is 0.321 e. The van der Waals surface area contributed by atoms with Crippen LogP contribution in [0.25, 0.3) is 5.65 Å². The van der Waals surface area contributed by atoms with Gasteiger partial charge in [-0.3, -0.25) is 19.1 Å².